The Labute approximate surface area is 171 Å². The third kappa shape index (κ3) is 6.04. The van der Waals surface area contributed by atoms with Gasteiger partial charge >= 0.3 is 6.18 Å². The second-order valence-corrected chi connectivity index (χ2v) is 7.19. The first-order valence-electron chi connectivity index (χ1n) is 9.49. The van der Waals surface area contributed by atoms with Gasteiger partial charge in [-0.15, -0.1) is 0 Å². The molecule has 6 nitrogen and oxygen atoms in total. The highest BCUT2D eigenvalue weighted by molar-refractivity contribution is 6.05. The van der Waals surface area contributed by atoms with Gasteiger partial charge in [0.1, 0.15) is 0 Å². The van der Waals surface area contributed by atoms with Crippen molar-refractivity contribution in [1.29, 1.82) is 0 Å². The van der Waals surface area contributed by atoms with Crippen LogP contribution in [0.2, 0.25) is 0 Å². The summed E-state index contributed by atoms with van der Waals surface area (Å²) < 4.78 is 38.5. The number of nitrogens with one attached hydrogen (secondary N) is 2. The summed E-state index contributed by atoms with van der Waals surface area (Å²) in [5.41, 5.74) is -0.245. The molecule has 2 aromatic carbocycles. The van der Waals surface area contributed by atoms with Gasteiger partial charge in [0.15, 0.2) is 0 Å². The number of alkyl halides is 3. The van der Waals surface area contributed by atoms with Crippen molar-refractivity contribution in [2.75, 3.05) is 30.3 Å². The maximum Gasteiger partial charge on any atom is 0.416 e. The first-order chi connectivity index (χ1) is 14.2. The fraction of sp³-hybridized carbons (Fsp3) is 0.333. The summed E-state index contributed by atoms with van der Waals surface area (Å²) in [5, 5.41) is 14.8. The van der Waals surface area contributed by atoms with Crippen molar-refractivity contribution in [3.8, 4) is 0 Å². The van der Waals surface area contributed by atoms with Gasteiger partial charge in [-0.2, -0.15) is 13.2 Å². The van der Waals surface area contributed by atoms with Crippen LogP contribution in [0.3, 0.4) is 0 Å². The summed E-state index contributed by atoms with van der Waals surface area (Å²) >= 11 is 0. The van der Waals surface area contributed by atoms with E-state index < -0.39 is 23.8 Å². The zero-order valence-electron chi connectivity index (χ0n) is 16.1. The summed E-state index contributed by atoms with van der Waals surface area (Å²) in [4.78, 5) is 26.5. The smallest absolute Gasteiger partial charge is 0.392 e. The van der Waals surface area contributed by atoms with Gasteiger partial charge in [0.25, 0.3) is 5.91 Å². The number of anilines is 2. The largest absolute Gasteiger partial charge is 0.416 e. The minimum atomic E-state index is -4.50. The molecule has 9 heteroatoms. The van der Waals surface area contributed by atoms with E-state index >= 15 is 0 Å². The van der Waals surface area contributed by atoms with Gasteiger partial charge in [-0.05, 0) is 55.8 Å². The molecule has 1 fully saturated rings. The standard InChI is InChI=1S/C21H22F3N3O3/c22-21(23,24)15-5-2-7-17(11-15)26-20(30)14-4-1-6-16(10-14)25-19(29)13-27-9-3-8-18(28)12-27/h1-2,4-7,10-11,18,28H,3,8-9,12-13H2,(H,25,29)(H,26,30). The topological polar surface area (TPSA) is 81.7 Å². The molecule has 0 spiro atoms. The number of benzene rings is 2. The molecule has 2 amide bonds. The number of amides is 2. The fourth-order valence-electron chi connectivity index (χ4n) is 3.29. The Morgan fingerprint density at radius 1 is 1.07 bits per heavy atom. The molecule has 1 saturated heterocycles. The molecule has 1 aliphatic heterocycles. The predicted molar refractivity (Wildman–Crippen MR) is 106 cm³/mol. The molecular formula is C21H22F3N3O3. The van der Waals surface area contributed by atoms with Gasteiger partial charge in [0.2, 0.25) is 5.91 Å². The van der Waals surface area contributed by atoms with Crippen molar-refractivity contribution < 1.29 is 27.9 Å². The SMILES string of the molecule is O=C(CN1CCCC(O)C1)Nc1cccc(C(=O)Nc2cccc(C(F)(F)F)c2)c1. The lowest BCUT2D eigenvalue weighted by Gasteiger charge is -2.29. The molecule has 0 aliphatic carbocycles. The highest BCUT2D eigenvalue weighted by Gasteiger charge is 2.30. The Bertz CT molecular complexity index is 918. The summed E-state index contributed by atoms with van der Waals surface area (Å²) in [6.45, 7) is 1.29. The molecule has 1 aliphatic rings. The molecule has 1 atom stereocenters. The normalized spacial score (nSPS) is 17.4. The second kappa shape index (κ2) is 9.27. The molecule has 3 rings (SSSR count). The maximum atomic E-state index is 12.8. The minimum Gasteiger partial charge on any atom is -0.392 e. The molecule has 3 N–H and O–H groups in total. The Morgan fingerprint density at radius 2 is 1.77 bits per heavy atom. The fourth-order valence-corrected chi connectivity index (χ4v) is 3.29. The van der Waals surface area contributed by atoms with E-state index in [1.54, 1.807) is 12.1 Å². The van der Waals surface area contributed by atoms with Crippen LogP contribution in [0.5, 0.6) is 0 Å². The summed E-state index contributed by atoms with van der Waals surface area (Å²) in [7, 11) is 0. The van der Waals surface area contributed by atoms with Crippen LogP contribution >= 0.6 is 0 Å². The maximum absolute atomic E-state index is 12.8. The Balaban J connectivity index is 1.62. The van der Waals surface area contributed by atoms with E-state index in [2.05, 4.69) is 10.6 Å². The van der Waals surface area contributed by atoms with E-state index in [1.807, 2.05) is 4.90 Å². The Kier molecular flexibility index (Phi) is 6.73. The van der Waals surface area contributed by atoms with Crippen LogP contribution in [0.25, 0.3) is 0 Å². The highest BCUT2D eigenvalue weighted by Crippen LogP contribution is 2.30. The van der Waals surface area contributed by atoms with E-state index in [0.717, 1.165) is 31.5 Å². The average molecular weight is 421 g/mol. The number of hydrogen-bond acceptors (Lipinski definition) is 4. The van der Waals surface area contributed by atoms with Crippen molar-refractivity contribution in [3.63, 3.8) is 0 Å². The molecule has 1 unspecified atom stereocenters. The number of halogens is 3. The molecule has 30 heavy (non-hydrogen) atoms. The molecule has 160 valence electrons. The van der Waals surface area contributed by atoms with Gasteiger partial charge in [-0.3, -0.25) is 14.5 Å². The molecule has 2 aromatic rings. The molecule has 0 bridgehead atoms. The highest BCUT2D eigenvalue weighted by atomic mass is 19.4. The van der Waals surface area contributed by atoms with Crippen LogP contribution in [0.15, 0.2) is 48.5 Å². The lowest BCUT2D eigenvalue weighted by Crippen LogP contribution is -2.42. The quantitative estimate of drug-likeness (QED) is 0.692. The van der Waals surface area contributed by atoms with E-state index in [-0.39, 0.29) is 23.7 Å². The van der Waals surface area contributed by atoms with Gasteiger partial charge < -0.3 is 15.7 Å². The number of carbonyl (C=O) groups excluding carboxylic acids is 2. The van der Waals surface area contributed by atoms with Crippen molar-refractivity contribution >= 4 is 23.2 Å². The Morgan fingerprint density at radius 3 is 2.47 bits per heavy atom. The van der Waals surface area contributed by atoms with Crippen molar-refractivity contribution in [2.45, 2.75) is 25.1 Å². The van der Waals surface area contributed by atoms with Crippen LogP contribution in [-0.4, -0.2) is 47.6 Å². The zero-order chi connectivity index (χ0) is 21.7. The van der Waals surface area contributed by atoms with Crippen LogP contribution < -0.4 is 10.6 Å². The number of carbonyl (C=O) groups is 2. The van der Waals surface area contributed by atoms with Crippen LogP contribution in [0, 0.1) is 0 Å². The first-order valence-corrected chi connectivity index (χ1v) is 9.49. The number of β-amino-alcohol motifs (C(OH)–C–C–N with tert-alkyl or cyclic N) is 1. The summed E-state index contributed by atoms with van der Waals surface area (Å²) in [6.07, 6.45) is -3.40. The summed E-state index contributed by atoms with van der Waals surface area (Å²) in [6, 6.07) is 10.5. The molecular weight excluding hydrogens is 399 g/mol. The van der Waals surface area contributed by atoms with Crippen LogP contribution in [0.4, 0.5) is 24.5 Å². The van der Waals surface area contributed by atoms with E-state index in [4.69, 9.17) is 0 Å². The lowest BCUT2D eigenvalue weighted by molar-refractivity contribution is -0.137. The number of rotatable bonds is 5. The number of hydrogen-bond donors (Lipinski definition) is 3. The van der Waals surface area contributed by atoms with Gasteiger partial charge in [-0.1, -0.05) is 12.1 Å². The number of nitrogens with zero attached hydrogens (tertiary/aromatic N) is 1. The van der Waals surface area contributed by atoms with Crippen LogP contribution in [0.1, 0.15) is 28.8 Å². The van der Waals surface area contributed by atoms with Crippen molar-refractivity contribution in [3.05, 3.63) is 59.7 Å². The van der Waals surface area contributed by atoms with Crippen molar-refractivity contribution in [1.82, 2.24) is 4.90 Å². The Hall–Kier alpha value is -2.91. The number of aliphatic hydroxyl groups excluding tert-OH is 1. The minimum absolute atomic E-state index is 0.0212. The number of likely N-dealkylation sites (tertiary alicyclic amines) is 1. The molecule has 0 radical (unpaired) electrons. The number of piperidine rings is 1. The third-order valence-corrected chi connectivity index (χ3v) is 4.70. The van der Waals surface area contributed by atoms with Gasteiger partial charge in [0, 0.05) is 23.5 Å². The van der Waals surface area contributed by atoms with E-state index in [1.165, 1.54) is 24.3 Å². The number of aliphatic hydroxyl groups is 1. The molecule has 0 aromatic heterocycles. The van der Waals surface area contributed by atoms with Crippen LogP contribution in [-0.2, 0) is 11.0 Å². The van der Waals surface area contributed by atoms with Gasteiger partial charge in [0.05, 0.1) is 18.2 Å². The average Bonchev–Trinajstić information content (AvgIpc) is 2.67. The molecule has 0 saturated carbocycles. The second-order valence-electron chi connectivity index (χ2n) is 7.19. The van der Waals surface area contributed by atoms with E-state index in [0.29, 0.717) is 12.2 Å². The van der Waals surface area contributed by atoms with Crippen molar-refractivity contribution in [2.24, 2.45) is 0 Å². The lowest BCUT2D eigenvalue weighted by atomic mass is 10.1. The van der Waals surface area contributed by atoms with E-state index in [9.17, 15) is 27.9 Å². The van der Waals surface area contributed by atoms with Gasteiger partial charge in [-0.25, -0.2) is 0 Å². The monoisotopic (exact) mass is 421 g/mol. The summed E-state index contributed by atoms with van der Waals surface area (Å²) in [5.74, 6) is -0.871. The zero-order valence-corrected chi connectivity index (χ0v) is 16.1. The third-order valence-electron chi connectivity index (χ3n) is 4.70. The molecule has 1 heterocycles. The predicted octanol–water partition coefficient (Wildman–Crippen LogP) is 3.35. The first kappa shape index (κ1) is 21.8.